The molecule has 112 valence electrons. The first-order chi connectivity index (χ1) is 10.2. The Kier molecular flexibility index (Phi) is 4.06. The summed E-state index contributed by atoms with van der Waals surface area (Å²) in [5.41, 5.74) is 2.71. The van der Waals surface area contributed by atoms with Gasteiger partial charge in [0, 0.05) is 5.92 Å². The van der Waals surface area contributed by atoms with Crippen LogP contribution >= 0.6 is 0 Å². The highest BCUT2D eigenvalue weighted by Crippen LogP contribution is 2.35. The zero-order chi connectivity index (χ0) is 14.8. The first-order valence-electron chi connectivity index (χ1n) is 7.80. The predicted octanol–water partition coefficient (Wildman–Crippen LogP) is 3.41. The summed E-state index contributed by atoms with van der Waals surface area (Å²) in [6.45, 7) is 3.80. The average Bonchev–Trinajstić information content (AvgIpc) is 2.96. The van der Waals surface area contributed by atoms with Gasteiger partial charge in [-0.1, -0.05) is 36.3 Å². The minimum absolute atomic E-state index is 0.0786. The van der Waals surface area contributed by atoms with Crippen molar-refractivity contribution in [3.8, 4) is 0 Å². The van der Waals surface area contributed by atoms with E-state index in [0.29, 0.717) is 5.89 Å². The van der Waals surface area contributed by atoms with E-state index in [-0.39, 0.29) is 11.8 Å². The minimum atomic E-state index is -0.470. The van der Waals surface area contributed by atoms with Crippen molar-refractivity contribution in [2.75, 3.05) is 0 Å². The van der Waals surface area contributed by atoms with E-state index in [2.05, 4.69) is 34.4 Å². The topological polar surface area (TPSA) is 59.2 Å². The van der Waals surface area contributed by atoms with Crippen molar-refractivity contribution < 1.29 is 9.63 Å². The first kappa shape index (κ1) is 14.3. The molecule has 3 unspecified atom stereocenters. The monoisotopic (exact) mass is 286 g/mol. The van der Waals surface area contributed by atoms with Crippen LogP contribution in [0.25, 0.3) is 0 Å². The zero-order valence-corrected chi connectivity index (χ0v) is 12.6. The van der Waals surface area contributed by atoms with E-state index in [4.69, 9.17) is 4.52 Å². The maximum absolute atomic E-state index is 9.82. The molecule has 0 aliphatic heterocycles. The number of nitrogens with zero attached hydrogens (tertiary/aromatic N) is 2. The van der Waals surface area contributed by atoms with Crippen molar-refractivity contribution in [2.24, 2.45) is 0 Å². The summed E-state index contributed by atoms with van der Waals surface area (Å²) < 4.78 is 5.43. The van der Waals surface area contributed by atoms with Crippen molar-refractivity contribution in [1.29, 1.82) is 0 Å². The molecule has 0 amide bonds. The van der Waals surface area contributed by atoms with Crippen LogP contribution in [0.5, 0.6) is 0 Å². The lowest BCUT2D eigenvalue weighted by molar-refractivity contribution is 0.141. The fraction of sp³-hybridized carbons (Fsp3) is 0.529. The summed E-state index contributed by atoms with van der Waals surface area (Å²) in [5, 5.41) is 14.0. The Morgan fingerprint density at radius 2 is 2.19 bits per heavy atom. The lowest BCUT2D eigenvalue weighted by Gasteiger charge is -2.22. The molecule has 0 spiro atoms. The number of aryl methyl sites for hydroxylation is 1. The Labute approximate surface area is 125 Å². The average molecular weight is 286 g/mol. The number of benzene rings is 1. The summed E-state index contributed by atoms with van der Waals surface area (Å²) in [4.78, 5) is 4.59. The van der Waals surface area contributed by atoms with Crippen LogP contribution in [0.3, 0.4) is 0 Å². The van der Waals surface area contributed by atoms with Gasteiger partial charge >= 0.3 is 0 Å². The molecule has 21 heavy (non-hydrogen) atoms. The van der Waals surface area contributed by atoms with E-state index in [1.54, 1.807) is 6.92 Å². The molecule has 1 heterocycles. The molecular formula is C17H22N2O2. The number of aromatic nitrogens is 2. The van der Waals surface area contributed by atoms with Crippen LogP contribution in [0.2, 0.25) is 0 Å². The number of rotatable bonds is 4. The second kappa shape index (κ2) is 5.98. The van der Waals surface area contributed by atoms with Gasteiger partial charge < -0.3 is 9.63 Å². The number of fused-ring (bicyclic) bond motifs is 1. The number of aliphatic hydroxyl groups excluding tert-OH is 1. The number of aliphatic hydroxyl groups is 1. The van der Waals surface area contributed by atoms with Crippen LogP contribution in [-0.2, 0) is 6.42 Å². The quantitative estimate of drug-likeness (QED) is 0.935. The summed E-state index contributed by atoms with van der Waals surface area (Å²) in [6, 6.07) is 8.51. The number of hydrogen-bond donors (Lipinski definition) is 1. The molecule has 0 saturated heterocycles. The molecule has 1 aliphatic carbocycles. The maximum atomic E-state index is 9.82. The van der Waals surface area contributed by atoms with Gasteiger partial charge in [0.25, 0.3) is 0 Å². The van der Waals surface area contributed by atoms with Crippen LogP contribution in [0, 0.1) is 0 Å². The van der Waals surface area contributed by atoms with Gasteiger partial charge in [0.05, 0.1) is 12.0 Å². The van der Waals surface area contributed by atoms with Gasteiger partial charge in [-0.15, -0.1) is 0 Å². The summed E-state index contributed by atoms with van der Waals surface area (Å²) in [7, 11) is 0. The van der Waals surface area contributed by atoms with Crippen LogP contribution in [0.1, 0.15) is 67.8 Å². The van der Waals surface area contributed by atoms with Gasteiger partial charge in [-0.05, 0) is 43.7 Å². The second-order valence-electron chi connectivity index (χ2n) is 5.89. The molecular weight excluding hydrogens is 264 g/mol. The summed E-state index contributed by atoms with van der Waals surface area (Å²) in [6.07, 6.45) is 3.66. The normalized spacial score (nSPS) is 20.8. The molecule has 1 aromatic heterocycles. The van der Waals surface area contributed by atoms with Crippen LogP contribution < -0.4 is 0 Å². The zero-order valence-electron chi connectivity index (χ0n) is 12.6. The smallest absolute Gasteiger partial charge is 0.232 e. The maximum Gasteiger partial charge on any atom is 0.232 e. The Morgan fingerprint density at radius 3 is 2.95 bits per heavy atom. The molecule has 1 aliphatic rings. The molecule has 0 saturated carbocycles. The van der Waals surface area contributed by atoms with E-state index in [1.807, 2.05) is 6.92 Å². The standard InChI is InChI=1S/C17H22N2O2/c1-3-13(11(2)20)17-18-16(19-21-17)15-10-6-8-12-7-4-5-9-14(12)15/h4-5,7,9,11,13,15,20H,3,6,8,10H2,1-2H3. The SMILES string of the molecule is CCC(c1nc(C2CCCc3ccccc32)no1)C(C)O. The lowest BCUT2D eigenvalue weighted by atomic mass is 9.82. The Hall–Kier alpha value is -1.68. The third kappa shape index (κ3) is 2.72. The van der Waals surface area contributed by atoms with Crippen molar-refractivity contribution in [2.45, 2.75) is 57.5 Å². The van der Waals surface area contributed by atoms with E-state index >= 15 is 0 Å². The van der Waals surface area contributed by atoms with Crippen LogP contribution in [0.4, 0.5) is 0 Å². The second-order valence-corrected chi connectivity index (χ2v) is 5.89. The van der Waals surface area contributed by atoms with E-state index in [1.165, 1.54) is 11.1 Å². The van der Waals surface area contributed by atoms with Gasteiger partial charge in [0.1, 0.15) is 0 Å². The molecule has 3 rings (SSSR count). The van der Waals surface area contributed by atoms with E-state index in [9.17, 15) is 5.11 Å². The van der Waals surface area contributed by atoms with Gasteiger partial charge in [0.15, 0.2) is 5.82 Å². The van der Waals surface area contributed by atoms with Crippen molar-refractivity contribution >= 4 is 0 Å². The fourth-order valence-corrected chi connectivity index (χ4v) is 3.28. The van der Waals surface area contributed by atoms with Gasteiger partial charge in [-0.25, -0.2) is 0 Å². The number of hydrogen-bond acceptors (Lipinski definition) is 4. The highest BCUT2D eigenvalue weighted by Gasteiger charge is 2.28. The van der Waals surface area contributed by atoms with Crippen molar-refractivity contribution in [3.05, 3.63) is 47.1 Å². The van der Waals surface area contributed by atoms with Gasteiger partial charge in [-0.3, -0.25) is 0 Å². The van der Waals surface area contributed by atoms with Crippen LogP contribution in [-0.4, -0.2) is 21.4 Å². The fourth-order valence-electron chi connectivity index (χ4n) is 3.28. The van der Waals surface area contributed by atoms with Gasteiger partial charge in [0.2, 0.25) is 5.89 Å². The Morgan fingerprint density at radius 1 is 1.38 bits per heavy atom. The molecule has 1 aromatic carbocycles. The molecule has 0 bridgehead atoms. The Bertz CT molecular complexity index is 606. The largest absolute Gasteiger partial charge is 0.393 e. The molecule has 4 heteroatoms. The van der Waals surface area contributed by atoms with E-state index in [0.717, 1.165) is 31.5 Å². The Balaban J connectivity index is 1.91. The minimum Gasteiger partial charge on any atom is -0.393 e. The third-order valence-electron chi connectivity index (χ3n) is 4.48. The first-order valence-corrected chi connectivity index (χ1v) is 7.80. The predicted molar refractivity (Wildman–Crippen MR) is 80.2 cm³/mol. The third-order valence-corrected chi connectivity index (χ3v) is 4.48. The lowest BCUT2D eigenvalue weighted by Crippen LogP contribution is -2.15. The molecule has 1 N–H and O–H groups in total. The highest BCUT2D eigenvalue weighted by atomic mass is 16.5. The summed E-state index contributed by atoms with van der Waals surface area (Å²) >= 11 is 0. The summed E-state index contributed by atoms with van der Waals surface area (Å²) in [5.74, 6) is 1.46. The van der Waals surface area contributed by atoms with Crippen molar-refractivity contribution in [1.82, 2.24) is 10.1 Å². The van der Waals surface area contributed by atoms with Crippen LogP contribution in [0.15, 0.2) is 28.8 Å². The molecule has 4 nitrogen and oxygen atoms in total. The van der Waals surface area contributed by atoms with Gasteiger partial charge in [-0.2, -0.15) is 4.98 Å². The molecule has 0 fully saturated rings. The van der Waals surface area contributed by atoms with E-state index < -0.39 is 6.10 Å². The molecule has 0 radical (unpaired) electrons. The highest BCUT2D eigenvalue weighted by molar-refractivity contribution is 5.36. The van der Waals surface area contributed by atoms with Crippen molar-refractivity contribution in [3.63, 3.8) is 0 Å². The molecule has 3 atom stereocenters. The molecule has 2 aromatic rings.